The van der Waals surface area contributed by atoms with Gasteiger partial charge in [-0.25, -0.2) is 13.2 Å². The van der Waals surface area contributed by atoms with Crippen LogP contribution < -0.4 is 10.6 Å². The van der Waals surface area contributed by atoms with Gasteiger partial charge in [0.15, 0.2) is 9.84 Å². The molecule has 1 fully saturated rings. The van der Waals surface area contributed by atoms with Crippen LogP contribution in [0.2, 0.25) is 0 Å². The first kappa shape index (κ1) is 27.3. The molecule has 3 aromatic carbocycles. The SMILES string of the molecule is O=C(N[C@H](CCc1ccccc1)S(=O)(=O)c1ccccc1)C(Cc1ccccc1)NC(=O)N1CCOCC1. The fourth-order valence-corrected chi connectivity index (χ4v) is 5.91. The smallest absolute Gasteiger partial charge is 0.318 e. The number of carbonyl (C=O) groups excluding carboxylic acids is 2. The van der Waals surface area contributed by atoms with E-state index >= 15 is 0 Å². The van der Waals surface area contributed by atoms with Gasteiger partial charge in [0.1, 0.15) is 11.4 Å². The molecular weight excluding hydrogens is 502 g/mol. The Morgan fingerprint density at radius 2 is 1.34 bits per heavy atom. The minimum atomic E-state index is -3.89. The van der Waals surface area contributed by atoms with Crippen LogP contribution in [0.15, 0.2) is 95.9 Å². The Labute approximate surface area is 223 Å². The number of aryl methyl sites for hydroxylation is 1. The molecule has 3 amide bonds. The van der Waals surface area contributed by atoms with Crippen molar-refractivity contribution >= 4 is 21.8 Å². The minimum Gasteiger partial charge on any atom is -0.378 e. The maximum atomic E-state index is 13.6. The van der Waals surface area contributed by atoms with Crippen molar-refractivity contribution in [2.24, 2.45) is 0 Å². The largest absolute Gasteiger partial charge is 0.378 e. The van der Waals surface area contributed by atoms with E-state index < -0.39 is 27.2 Å². The van der Waals surface area contributed by atoms with Crippen LogP contribution in [0.4, 0.5) is 4.79 Å². The van der Waals surface area contributed by atoms with E-state index in [1.165, 1.54) is 12.1 Å². The summed E-state index contributed by atoms with van der Waals surface area (Å²) in [6, 6.07) is 25.6. The van der Waals surface area contributed by atoms with Gasteiger partial charge in [0.25, 0.3) is 0 Å². The lowest BCUT2D eigenvalue weighted by atomic mass is 10.0. The molecule has 200 valence electrons. The average molecular weight is 536 g/mol. The summed E-state index contributed by atoms with van der Waals surface area (Å²) in [5, 5.41) is 4.43. The van der Waals surface area contributed by atoms with Gasteiger partial charge in [-0.2, -0.15) is 0 Å². The number of ether oxygens (including phenoxy) is 1. The maximum Gasteiger partial charge on any atom is 0.318 e. The van der Waals surface area contributed by atoms with Gasteiger partial charge in [-0.15, -0.1) is 0 Å². The number of sulfone groups is 1. The summed E-state index contributed by atoms with van der Waals surface area (Å²) in [7, 11) is -3.89. The number of morpholine rings is 1. The highest BCUT2D eigenvalue weighted by Gasteiger charge is 2.32. The Morgan fingerprint density at radius 3 is 1.95 bits per heavy atom. The van der Waals surface area contributed by atoms with Crippen molar-refractivity contribution in [3.8, 4) is 0 Å². The van der Waals surface area contributed by atoms with Crippen LogP contribution in [0.25, 0.3) is 0 Å². The Kier molecular flexibility index (Phi) is 9.51. The maximum absolute atomic E-state index is 13.6. The molecule has 8 nitrogen and oxygen atoms in total. The third-order valence-electron chi connectivity index (χ3n) is 6.48. The number of nitrogens with one attached hydrogen (secondary N) is 2. The molecule has 38 heavy (non-hydrogen) atoms. The molecule has 9 heteroatoms. The lowest BCUT2D eigenvalue weighted by Crippen LogP contribution is -2.56. The Morgan fingerprint density at radius 1 is 0.789 bits per heavy atom. The van der Waals surface area contributed by atoms with Crippen LogP contribution >= 0.6 is 0 Å². The summed E-state index contributed by atoms with van der Waals surface area (Å²) in [4.78, 5) is 28.3. The average Bonchev–Trinajstić information content (AvgIpc) is 2.96. The zero-order valence-electron chi connectivity index (χ0n) is 21.2. The fraction of sp³-hybridized carbons (Fsp3) is 0.310. The van der Waals surface area contributed by atoms with Crippen molar-refractivity contribution in [2.75, 3.05) is 26.3 Å². The number of carbonyl (C=O) groups is 2. The molecule has 1 heterocycles. The molecule has 0 bridgehead atoms. The van der Waals surface area contributed by atoms with Crippen LogP contribution in [0.3, 0.4) is 0 Å². The van der Waals surface area contributed by atoms with Gasteiger partial charge in [0.05, 0.1) is 18.1 Å². The second kappa shape index (κ2) is 13.2. The molecular formula is C29H33N3O5S. The molecule has 1 unspecified atom stereocenters. The summed E-state index contributed by atoms with van der Waals surface area (Å²) in [6.45, 7) is 1.71. The second-order valence-electron chi connectivity index (χ2n) is 9.17. The van der Waals surface area contributed by atoms with E-state index in [4.69, 9.17) is 4.74 Å². The van der Waals surface area contributed by atoms with Crippen LogP contribution in [-0.4, -0.2) is 63.0 Å². The summed E-state index contributed by atoms with van der Waals surface area (Å²) < 4.78 is 32.6. The first-order chi connectivity index (χ1) is 18.4. The molecule has 2 atom stereocenters. The third kappa shape index (κ3) is 7.43. The predicted molar refractivity (Wildman–Crippen MR) is 145 cm³/mol. The topological polar surface area (TPSA) is 105 Å². The highest BCUT2D eigenvalue weighted by molar-refractivity contribution is 7.92. The van der Waals surface area contributed by atoms with Gasteiger partial charge >= 0.3 is 6.03 Å². The zero-order valence-corrected chi connectivity index (χ0v) is 22.0. The molecule has 0 aliphatic carbocycles. The number of rotatable bonds is 10. The van der Waals surface area contributed by atoms with Gasteiger partial charge in [-0.1, -0.05) is 78.9 Å². The highest BCUT2D eigenvalue weighted by Crippen LogP contribution is 2.19. The van der Waals surface area contributed by atoms with Crippen molar-refractivity contribution < 1.29 is 22.7 Å². The van der Waals surface area contributed by atoms with Crippen molar-refractivity contribution in [3.63, 3.8) is 0 Å². The molecule has 4 rings (SSSR count). The van der Waals surface area contributed by atoms with Gasteiger partial charge in [-0.05, 0) is 36.1 Å². The number of hydrogen-bond donors (Lipinski definition) is 2. The first-order valence-corrected chi connectivity index (χ1v) is 14.3. The van der Waals surface area contributed by atoms with Gasteiger partial charge < -0.3 is 20.3 Å². The van der Waals surface area contributed by atoms with E-state index in [-0.39, 0.29) is 23.8 Å². The molecule has 1 saturated heterocycles. The van der Waals surface area contributed by atoms with E-state index in [1.54, 1.807) is 23.1 Å². The lowest BCUT2D eigenvalue weighted by molar-refractivity contribution is -0.123. The van der Waals surface area contributed by atoms with Crippen LogP contribution in [-0.2, 0) is 32.2 Å². The van der Waals surface area contributed by atoms with E-state index in [2.05, 4.69) is 10.6 Å². The number of urea groups is 1. The monoisotopic (exact) mass is 535 g/mol. The van der Waals surface area contributed by atoms with Crippen LogP contribution in [0, 0.1) is 0 Å². The molecule has 2 N–H and O–H groups in total. The van der Waals surface area contributed by atoms with Crippen molar-refractivity contribution in [2.45, 2.75) is 35.6 Å². The lowest BCUT2D eigenvalue weighted by Gasteiger charge is -2.30. The molecule has 0 radical (unpaired) electrons. The first-order valence-electron chi connectivity index (χ1n) is 12.7. The predicted octanol–water partition coefficient (Wildman–Crippen LogP) is 3.19. The normalized spacial score (nSPS) is 15.3. The molecule has 0 saturated carbocycles. The van der Waals surface area contributed by atoms with Gasteiger partial charge in [0, 0.05) is 19.5 Å². The van der Waals surface area contributed by atoms with E-state index in [0.717, 1.165) is 11.1 Å². The molecule has 1 aliphatic heterocycles. The van der Waals surface area contributed by atoms with Crippen LogP contribution in [0.1, 0.15) is 17.5 Å². The fourth-order valence-electron chi connectivity index (χ4n) is 4.35. The zero-order chi connectivity index (χ0) is 26.8. The number of benzene rings is 3. The Balaban J connectivity index is 1.56. The molecule has 1 aliphatic rings. The van der Waals surface area contributed by atoms with Crippen molar-refractivity contribution in [1.82, 2.24) is 15.5 Å². The standard InChI is InChI=1S/C29H33N3O5S/c33-28(26(22-24-12-6-2-7-13-24)30-29(34)32-18-20-37-21-19-32)31-27(17-16-23-10-4-1-5-11-23)38(35,36)25-14-8-3-9-15-25/h1-15,26-27H,16-22H2,(H,30,34)(H,31,33)/t26?,27-/m0/s1. The number of hydrogen-bond acceptors (Lipinski definition) is 5. The van der Waals surface area contributed by atoms with E-state index in [9.17, 15) is 18.0 Å². The Hall–Kier alpha value is -3.69. The summed E-state index contributed by atoms with van der Waals surface area (Å²) in [6.07, 6.45) is 0.864. The minimum absolute atomic E-state index is 0.135. The van der Waals surface area contributed by atoms with Crippen molar-refractivity contribution in [1.29, 1.82) is 0 Å². The number of amides is 3. The molecule has 0 spiro atoms. The molecule has 0 aromatic heterocycles. The summed E-state index contributed by atoms with van der Waals surface area (Å²) in [5.74, 6) is -0.548. The number of nitrogens with zero attached hydrogens (tertiary/aromatic N) is 1. The Bertz CT molecular complexity index is 1280. The quantitative estimate of drug-likeness (QED) is 0.415. The van der Waals surface area contributed by atoms with E-state index in [1.807, 2.05) is 60.7 Å². The van der Waals surface area contributed by atoms with E-state index in [0.29, 0.717) is 32.7 Å². The third-order valence-corrected chi connectivity index (χ3v) is 8.51. The van der Waals surface area contributed by atoms with Gasteiger partial charge in [0.2, 0.25) is 5.91 Å². The second-order valence-corrected chi connectivity index (χ2v) is 11.3. The molecule has 3 aromatic rings. The van der Waals surface area contributed by atoms with Crippen LogP contribution in [0.5, 0.6) is 0 Å². The van der Waals surface area contributed by atoms with Gasteiger partial charge in [-0.3, -0.25) is 4.79 Å². The highest BCUT2D eigenvalue weighted by atomic mass is 32.2. The summed E-state index contributed by atoms with van der Waals surface area (Å²) >= 11 is 0. The summed E-state index contributed by atoms with van der Waals surface area (Å²) in [5.41, 5.74) is 1.82. The van der Waals surface area contributed by atoms with Crippen molar-refractivity contribution in [3.05, 3.63) is 102 Å².